The van der Waals surface area contributed by atoms with Gasteiger partial charge >= 0.3 is 5.97 Å². The largest absolute Gasteiger partial charge is 0.466 e. The number of ether oxygens (including phenoxy) is 1. The number of hydrogen-bond donors (Lipinski definition) is 3. The zero-order chi connectivity index (χ0) is 44.4. The van der Waals surface area contributed by atoms with E-state index >= 15 is 0 Å². The lowest BCUT2D eigenvalue weighted by Gasteiger charge is -2.22. The SMILES string of the molecule is CCCCC/C=C\CCCCCCCC(=O)OCCCCC/C=C\C=C/CCCCCCCCC(=O)NC(CO)C(O)CCCCCCCCCCCCCCCCCCC. The van der Waals surface area contributed by atoms with Gasteiger partial charge in [-0.2, -0.15) is 0 Å². The summed E-state index contributed by atoms with van der Waals surface area (Å²) in [6.07, 6.45) is 61.2. The number of hydrogen-bond acceptors (Lipinski definition) is 5. The molecule has 0 aromatic heterocycles. The van der Waals surface area contributed by atoms with Gasteiger partial charge in [-0.25, -0.2) is 0 Å². The van der Waals surface area contributed by atoms with Gasteiger partial charge in [0.1, 0.15) is 0 Å². The van der Waals surface area contributed by atoms with Crippen LogP contribution >= 0.6 is 0 Å². The monoisotopic (exact) mass is 858 g/mol. The van der Waals surface area contributed by atoms with Crippen molar-refractivity contribution in [3.8, 4) is 0 Å². The highest BCUT2D eigenvalue weighted by atomic mass is 16.5. The summed E-state index contributed by atoms with van der Waals surface area (Å²) >= 11 is 0. The van der Waals surface area contributed by atoms with E-state index in [1.54, 1.807) is 0 Å². The molecule has 0 aliphatic carbocycles. The van der Waals surface area contributed by atoms with Gasteiger partial charge in [0, 0.05) is 12.8 Å². The molecule has 2 atom stereocenters. The highest BCUT2D eigenvalue weighted by molar-refractivity contribution is 5.76. The number of rotatable bonds is 49. The standard InChI is InChI=1S/C55H103NO5/c1-3-5-7-9-11-13-15-17-18-19-21-24-27-31-35-39-43-47-53(58)52(51-57)56-54(59)48-44-40-36-32-28-25-22-20-23-26-30-34-38-42-46-50-61-55(60)49-45-41-37-33-29-16-14-12-10-8-6-4-2/h12,14,20,23,26,30,52-53,57-58H,3-11,13,15-19,21-22,24-25,27-29,31-51H2,1-2H3,(H,56,59)/b14-12-,23-20-,30-26-. The van der Waals surface area contributed by atoms with Crippen molar-refractivity contribution in [2.75, 3.05) is 13.2 Å². The molecule has 0 fully saturated rings. The molecule has 0 rings (SSSR count). The molecule has 0 aliphatic rings. The van der Waals surface area contributed by atoms with Crippen LogP contribution in [-0.4, -0.2) is 47.4 Å². The van der Waals surface area contributed by atoms with Crippen molar-refractivity contribution in [3.63, 3.8) is 0 Å². The van der Waals surface area contributed by atoms with Crippen LogP contribution in [-0.2, 0) is 14.3 Å². The number of unbranched alkanes of at least 4 members (excludes halogenated alkanes) is 33. The molecule has 6 heteroatoms. The average Bonchev–Trinajstić information content (AvgIpc) is 3.26. The normalized spacial score (nSPS) is 12.9. The van der Waals surface area contributed by atoms with Crippen molar-refractivity contribution < 1.29 is 24.5 Å². The molecule has 0 saturated carbocycles. The van der Waals surface area contributed by atoms with Crippen molar-refractivity contribution >= 4 is 11.9 Å². The van der Waals surface area contributed by atoms with E-state index in [1.807, 2.05) is 0 Å². The number of carbonyl (C=O) groups excluding carboxylic acids is 2. The Balaban J connectivity index is 3.54. The van der Waals surface area contributed by atoms with Gasteiger partial charge in [-0.3, -0.25) is 9.59 Å². The van der Waals surface area contributed by atoms with Crippen LogP contribution < -0.4 is 5.32 Å². The van der Waals surface area contributed by atoms with Gasteiger partial charge in [0.2, 0.25) is 5.91 Å². The van der Waals surface area contributed by atoms with Crippen LogP contribution in [0.4, 0.5) is 0 Å². The van der Waals surface area contributed by atoms with Crippen LogP contribution in [0.2, 0.25) is 0 Å². The molecule has 0 aromatic carbocycles. The molecule has 0 aliphatic heterocycles. The third kappa shape index (κ3) is 47.4. The molecule has 0 aromatic rings. The van der Waals surface area contributed by atoms with Crippen LogP contribution in [0.25, 0.3) is 0 Å². The Morgan fingerprint density at radius 2 is 0.820 bits per heavy atom. The summed E-state index contributed by atoms with van der Waals surface area (Å²) in [6, 6.07) is -0.558. The Labute approximate surface area is 379 Å². The van der Waals surface area contributed by atoms with Crippen molar-refractivity contribution in [1.29, 1.82) is 0 Å². The minimum absolute atomic E-state index is 0.0320. The summed E-state index contributed by atoms with van der Waals surface area (Å²) in [5.41, 5.74) is 0. The van der Waals surface area contributed by atoms with Crippen molar-refractivity contribution in [1.82, 2.24) is 5.32 Å². The molecule has 6 nitrogen and oxygen atoms in total. The summed E-state index contributed by atoms with van der Waals surface area (Å²) in [5.74, 6) is -0.0892. The molecule has 0 radical (unpaired) electrons. The van der Waals surface area contributed by atoms with Crippen molar-refractivity contribution in [2.24, 2.45) is 0 Å². The topological polar surface area (TPSA) is 95.9 Å². The van der Waals surface area contributed by atoms with Gasteiger partial charge in [-0.15, -0.1) is 0 Å². The lowest BCUT2D eigenvalue weighted by molar-refractivity contribution is -0.143. The fraction of sp³-hybridized carbons (Fsp3) is 0.855. The smallest absolute Gasteiger partial charge is 0.305 e. The summed E-state index contributed by atoms with van der Waals surface area (Å²) in [5, 5.41) is 23.2. The van der Waals surface area contributed by atoms with Crippen LogP contribution in [0, 0.1) is 0 Å². The molecule has 0 saturated heterocycles. The average molecular weight is 858 g/mol. The van der Waals surface area contributed by atoms with Gasteiger partial charge in [-0.05, 0) is 83.5 Å². The number of carbonyl (C=O) groups is 2. The summed E-state index contributed by atoms with van der Waals surface area (Å²) in [4.78, 5) is 24.4. The van der Waals surface area contributed by atoms with E-state index in [9.17, 15) is 19.8 Å². The van der Waals surface area contributed by atoms with E-state index in [2.05, 4.69) is 55.6 Å². The predicted octanol–water partition coefficient (Wildman–Crippen LogP) is 16.1. The highest BCUT2D eigenvalue weighted by Crippen LogP contribution is 2.16. The lowest BCUT2D eigenvalue weighted by Crippen LogP contribution is -2.45. The van der Waals surface area contributed by atoms with Crippen LogP contribution in [0.3, 0.4) is 0 Å². The Morgan fingerprint density at radius 3 is 1.30 bits per heavy atom. The molecule has 1 amide bonds. The maximum Gasteiger partial charge on any atom is 0.305 e. The van der Waals surface area contributed by atoms with Crippen molar-refractivity contribution in [3.05, 3.63) is 36.5 Å². The van der Waals surface area contributed by atoms with Crippen LogP contribution in [0.5, 0.6) is 0 Å². The van der Waals surface area contributed by atoms with E-state index in [4.69, 9.17) is 4.74 Å². The van der Waals surface area contributed by atoms with Gasteiger partial charge in [0.25, 0.3) is 0 Å². The quantitative estimate of drug-likeness (QED) is 0.0245. The molecule has 2 unspecified atom stereocenters. The molecular weight excluding hydrogens is 755 g/mol. The first-order valence-electron chi connectivity index (χ1n) is 26.8. The number of aliphatic hydroxyl groups excluding tert-OH is 2. The molecule has 0 heterocycles. The number of esters is 1. The minimum atomic E-state index is -0.679. The van der Waals surface area contributed by atoms with Crippen molar-refractivity contribution in [2.45, 2.75) is 289 Å². The Morgan fingerprint density at radius 1 is 0.459 bits per heavy atom. The molecule has 3 N–H and O–H groups in total. The first kappa shape index (κ1) is 59.1. The molecule has 0 bridgehead atoms. The lowest BCUT2D eigenvalue weighted by atomic mass is 10.0. The maximum absolute atomic E-state index is 12.5. The molecule has 61 heavy (non-hydrogen) atoms. The van der Waals surface area contributed by atoms with E-state index < -0.39 is 12.1 Å². The van der Waals surface area contributed by atoms with Crippen LogP contribution in [0.15, 0.2) is 36.5 Å². The molecular formula is C55H103NO5. The zero-order valence-corrected chi connectivity index (χ0v) is 40.6. The van der Waals surface area contributed by atoms with E-state index in [0.29, 0.717) is 25.9 Å². The van der Waals surface area contributed by atoms with Gasteiger partial charge < -0.3 is 20.3 Å². The first-order chi connectivity index (χ1) is 30.0. The fourth-order valence-electron chi connectivity index (χ4n) is 8.04. The van der Waals surface area contributed by atoms with E-state index in [1.165, 1.54) is 167 Å². The number of nitrogens with one attached hydrogen (secondary N) is 1. The number of aliphatic hydroxyl groups is 2. The van der Waals surface area contributed by atoms with Gasteiger partial charge in [-0.1, -0.05) is 217 Å². The second kappa shape index (κ2) is 50.7. The number of amides is 1. The summed E-state index contributed by atoms with van der Waals surface area (Å²) in [7, 11) is 0. The summed E-state index contributed by atoms with van der Waals surface area (Å²) in [6.45, 7) is 4.87. The zero-order valence-electron chi connectivity index (χ0n) is 40.6. The van der Waals surface area contributed by atoms with E-state index in [0.717, 1.165) is 77.0 Å². The Kier molecular flexibility index (Phi) is 49.1. The maximum atomic E-state index is 12.5. The minimum Gasteiger partial charge on any atom is -0.466 e. The van der Waals surface area contributed by atoms with E-state index in [-0.39, 0.29) is 18.5 Å². The first-order valence-corrected chi connectivity index (χ1v) is 26.8. The van der Waals surface area contributed by atoms with Crippen LogP contribution in [0.1, 0.15) is 277 Å². The second-order valence-corrected chi connectivity index (χ2v) is 18.2. The molecule has 0 spiro atoms. The van der Waals surface area contributed by atoms with Gasteiger partial charge in [0.05, 0.1) is 25.4 Å². The summed E-state index contributed by atoms with van der Waals surface area (Å²) < 4.78 is 5.42. The third-order valence-corrected chi connectivity index (χ3v) is 12.2. The predicted molar refractivity (Wildman–Crippen MR) is 264 cm³/mol. The third-order valence-electron chi connectivity index (χ3n) is 12.2. The Bertz CT molecular complexity index is 993. The Hall–Kier alpha value is -1.92. The second-order valence-electron chi connectivity index (χ2n) is 18.2. The fourth-order valence-corrected chi connectivity index (χ4v) is 8.04. The molecule has 358 valence electrons. The van der Waals surface area contributed by atoms with Gasteiger partial charge in [0.15, 0.2) is 0 Å². The highest BCUT2D eigenvalue weighted by Gasteiger charge is 2.20. The number of allylic oxidation sites excluding steroid dienone is 6.